The van der Waals surface area contributed by atoms with E-state index in [4.69, 9.17) is 5.84 Å². The van der Waals surface area contributed by atoms with Crippen LogP contribution in [0.4, 0.5) is 8.78 Å². The molecule has 1 aliphatic carbocycles. The van der Waals surface area contributed by atoms with Crippen molar-refractivity contribution < 1.29 is 8.78 Å². The van der Waals surface area contributed by atoms with Gasteiger partial charge < -0.3 is 0 Å². The van der Waals surface area contributed by atoms with Crippen molar-refractivity contribution in [3.05, 3.63) is 35.4 Å². The van der Waals surface area contributed by atoms with Crippen LogP contribution in [-0.4, -0.2) is 0 Å². The Morgan fingerprint density at radius 1 is 1.32 bits per heavy atom. The Balaban J connectivity index is 2.29. The van der Waals surface area contributed by atoms with E-state index < -0.39 is 5.82 Å². The van der Waals surface area contributed by atoms with Crippen molar-refractivity contribution in [1.82, 2.24) is 5.43 Å². The van der Waals surface area contributed by atoms with Crippen LogP contribution in [0.25, 0.3) is 0 Å². The summed E-state index contributed by atoms with van der Waals surface area (Å²) in [6.07, 6.45) is 5.58. The lowest BCUT2D eigenvalue weighted by Crippen LogP contribution is -2.38. The van der Waals surface area contributed by atoms with Crippen LogP contribution < -0.4 is 11.3 Å². The lowest BCUT2D eigenvalue weighted by Gasteiger charge is -2.36. The highest BCUT2D eigenvalue weighted by molar-refractivity contribution is 5.23. The highest BCUT2D eigenvalue weighted by atomic mass is 19.1. The van der Waals surface area contributed by atoms with Gasteiger partial charge in [-0.3, -0.25) is 11.3 Å². The topological polar surface area (TPSA) is 38.0 Å². The fourth-order valence-electron chi connectivity index (χ4n) is 3.38. The lowest BCUT2D eigenvalue weighted by atomic mass is 9.72. The second kappa shape index (κ2) is 6.44. The molecule has 1 aromatic carbocycles. The van der Waals surface area contributed by atoms with E-state index in [2.05, 4.69) is 12.3 Å². The van der Waals surface area contributed by atoms with Crippen molar-refractivity contribution in [2.75, 3.05) is 0 Å². The Morgan fingerprint density at radius 2 is 2.05 bits per heavy atom. The predicted octanol–water partition coefficient (Wildman–Crippen LogP) is 3.69. The third-order valence-electron chi connectivity index (χ3n) is 4.39. The Morgan fingerprint density at radius 3 is 2.74 bits per heavy atom. The highest BCUT2D eigenvalue weighted by Gasteiger charge is 2.32. The maximum Gasteiger partial charge on any atom is 0.128 e. The Bertz CT molecular complexity index is 423. The quantitative estimate of drug-likeness (QED) is 0.645. The molecule has 2 rings (SSSR count). The van der Waals surface area contributed by atoms with E-state index in [0.717, 1.165) is 31.7 Å². The van der Waals surface area contributed by atoms with Gasteiger partial charge >= 0.3 is 0 Å². The van der Waals surface area contributed by atoms with Crippen LogP contribution in [0.5, 0.6) is 0 Å². The van der Waals surface area contributed by atoms with E-state index in [1.807, 2.05) is 0 Å². The molecule has 3 unspecified atom stereocenters. The zero-order valence-electron chi connectivity index (χ0n) is 11.3. The average molecular weight is 268 g/mol. The maximum absolute atomic E-state index is 13.9. The number of rotatable bonds is 4. The van der Waals surface area contributed by atoms with Crippen LogP contribution in [0.15, 0.2) is 18.2 Å². The molecule has 1 aliphatic rings. The molecule has 1 saturated carbocycles. The monoisotopic (exact) mass is 268 g/mol. The standard InChI is InChI=1S/C15H22F2N2/c1-2-10-5-3-4-6-12(10)15(19-18)13-9-11(16)7-8-14(13)17/h7-10,12,15,19H,2-6,18H2,1H3. The Hall–Kier alpha value is -1.00. The summed E-state index contributed by atoms with van der Waals surface area (Å²) in [7, 11) is 0. The summed E-state index contributed by atoms with van der Waals surface area (Å²) in [6.45, 7) is 2.15. The first-order valence-corrected chi connectivity index (χ1v) is 7.08. The molecule has 0 heterocycles. The first kappa shape index (κ1) is 14.4. The summed E-state index contributed by atoms with van der Waals surface area (Å²) < 4.78 is 27.3. The van der Waals surface area contributed by atoms with Crippen molar-refractivity contribution in [1.29, 1.82) is 0 Å². The molecule has 0 spiro atoms. The first-order valence-electron chi connectivity index (χ1n) is 7.08. The number of hydrogen-bond acceptors (Lipinski definition) is 2. The summed E-state index contributed by atoms with van der Waals surface area (Å²) in [5, 5.41) is 0. The second-order valence-electron chi connectivity index (χ2n) is 5.43. The number of nitrogens with one attached hydrogen (secondary N) is 1. The molecule has 1 fully saturated rings. The number of benzene rings is 1. The van der Waals surface area contributed by atoms with E-state index in [0.29, 0.717) is 11.5 Å². The highest BCUT2D eigenvalue weighted by Crippen LogP contribution is 2.40. The van der Waals surface area contributed by atoms with Gasteiger partial charge in [0.15, 0.2) is 0 Å². The Labute approximate surface area is 113 Å². The fourth-order valence-corrected chi connectivity index (χ4v) is 3.38. The van der Waals surface area contributed by atoms with Gasteiger partial charge in [0.2, 0.25) is 0 Å². The summed E-state index contributed by atoms with van der Waals surface area (Å²) >= 11 is 0. The van der Waals surface area contributed by atoms with Crippen LogP contribution in [0.2, 0.25) is 0 Å². The van der Waals surface area contributed by atoms with E-state index in [1.165, 1.54) is 18.6 Å². The third kappa shape index (κ3) is 3.12. The molecule has 4 heteroatoms. The van der Waals surface area contributed by atoms with Gasteiger partial charge in [0.25, 0.3) is 0 Å². The van der Waals surface area contributed by atoms with Gasteiger partial charge in [-0.05, 0) is 36.5 Å². The first-order chi connectivity index (χ1) is 9.17. The zero-order valence-corrected chi connectivity index (χ0v) is 11.3. The van der Waals surface area contributed by atoms with E-state index in [9.17, 15) is 8.78 Å². The maximum atomic E-state index is 13.9. The third-order valence-corrected chi connectivity index (χ3v) is 4.39. The van der Waals surface area contributed by atoms with Crippen molar-refractivity contribution in [3.8, 4) is 0 Å². The summed E-state index contributed by atoms with van der Waals surface area (Å²) in [5.41, 5.74) is 3.07. The van der Waals surface area contributed by atoms with Crippen LogP contribution in [-0.2, 0) is 0 Å². The molecular weight excluding hydrogens is 246 g/mol. The summed E-state index contributed by atoms with van der Waals surface area (Å²) in [4.78, 5) is 0. The summed E-state index contributed by atoms with van der Waals surface area (Å²) in [5.74, 6) is 5.64. The second-order valence-corrected chi connectivity index (χ2v) is 5.43. The van der Waals surface area contributed by atoms with E-state index in [1.54, 1.807) is 0 Å². The summed E-state index contributed by atoms with van der Waals surface area (Å²) in [6, 6.07) is 3.28. The largest absolute Gasteiger partial charge is 0.271 e. The molecule has 2 nitrogen and oxygen atoms in total. The van der Waals surface area contributed by atoms with Crippen molar-refractivity contribution in [2.45, 2.75) is 45.1 Å². The molecular formula is C15H22F2N2. The SMILES string of the molecule is CCC1CCCCC1C(NN)c1cc(F)ccc1F. The molecule has 3 atom stereocenters. The minimum absolute atomic E-state index is 0.278. The van der Waals surface area contributed by atoms with Gasteiger partial charge in [0.05, 0.1) is 6.04 Å². The lowest BCUT2D eigenvalue weighted by molar-refractivity contribution is 0.173. The van der Waals surface area contributed by atoms with Gasteiger partial charge in [-0.1, -0.05) is 32.6 Å². The van der Waals surface area contributed by atoms with E-state index >= 15 is 0 Å². The number of hydrazine groups is 1. The molecule has 1 aromatic rings. The zero-order chi connectivity index (χ0) is 13.8. The van der Waals surface area contributed by atoms with Gasteiger partial charge in [-0.2, -0.15) is 0 Å². The Kier molecular flexibility index (Phi) is 4.88. The smallest absolute Gasteiger partial charge is 0.128 e. The molecule has 19 heavy (non-hydrogen) atoms. The molecule has 0 aliphatic heterocycles. The van der Waals surface area contributed by atoms with Crippen LogP contribution >= 0.6 is 0 Å². The normalized spacial score (nSPS) is 25.3. The average Bonchev–Trinajstić information content (AvgIpc) is 2.44. The molecule has 0 bridgehead atoms. The van der Waals surface area contributed by atoms with Crippen LogP contribution in [0, 0.1) is 23.5 Å². The molecule has 3 N–H and O–H groups in total. The van der Waals surface area contributed by atoms with E-state index in [-0.39, 0.29) is 17.8 Å². The number of nitrogens with two attached hydrogens (primary N) is 1. The van der Waals surface area contributed by atoms with Gasteiger partial charge in [-0.25, -0.2) is 8.78 Å². The number of hydrogen-bond donors (Lipinski definition) is 2. The van der Waals surface area contributed by atoms with Crippen molar-refractivity contribution in [2.24, 2.45) is 17.7 Å². The van der Waals surface area contributed by atoms with Crippen LogP contribution in [0.3, 0.4) is 0 Å². The van der Waals surface area contributed by atoms with Gasteiger partial charge in [0.1, 0.15) is 11.6 Å². The molecule has 0 aromatic heterocycles. The van der Waals surface area contributed by atoms with Crippen molar-refractivity contribution >= 4 is 0 Å². The minimum atomic E-state index is -0.416. The molecule has 0 amide bonds. The fraction of sp³-hybridized carbons (Fsp3) is 0.600. The van der Waals surface area contributed by atoms with Gasteiger partial charge in [-0.15, -0.1) is 0 Å². The molecule has 0 saturated heterocycles. The molecule has 106 valence electrons. The van der Waals surface area contributed by atoms with Gasteiger partial charge in [0, 0.05) is 5.56 Å². The molecule has 0 radical (unpaired) electrons. The minimum Gasteiger partial charge on any atom is -0.271 e. The number of halogens is 2. The van der Waals surface area contributed by atoms with Crippen molar-refractivity contribution in [3.63, 3.8) is 0 Å². The van der Waals surface area contributed by atoms with Crippen LogP contribution in [0.1, 0.15) is 50.6 Å². The predicted molar refractivity (Wildman–Crippen MR) is 72.2 cm³/mol.